The van der Waals surface area contributed by atoms with Crippen molar-refractivity contribution >= 4 is 33.8 Å². The van der Waals surface area contributed by atoms with Gasteiger partial charge in [0.25, 0.3) is 11.6 Å². The molecule has 102 valence electrons. The topological polar surface area (TPSA) is 102 Å². The van der Waals surface area contributed by atoms with Crippen molar-refractivity contribution in [3.63, 3.8) is 0 Å². The number of ketones is 1. The summed E-state index contributed by atoms with van der Waals surface area (Å²) in [6.45, 7) is 1.38. The molecule has 0 bridgehead atoms. The highest BCUT2D eigenvalue weighted by atomic mass is 32.1. The Bertz CT molecular complexity index is 696. The van der Waals surface area contributed by atoms with Gasteiger partial charge in [-0.2, -0.15) is 0 Å². The van der Waals surface area contributed by atoms with Crippen LogP contribution in [-0.2, 0) is 0 Å². The Morgan fingerprint density at radius 2 is 2.15 bits per heavy atom. The predicted molar refractivity (Wildman–Crippen MR) is 73.2 cm³/mol. The van der Waals surface area contributed by atoms with Crippen LogP contribution in [0.25, 0.3) is 0 Å². The molecule has 1 aromatic heterocycles. The van der Waals surface area contributed by atoms with E-state index in [-0.39, 0.29) is 27.9 Å². The standard InChI is InChI=1S/C12H9N3O4S/c1-7(16)10-6-20-12(13-10)14-11(17)8-3-2-4-9(5-8)15(18)19/h2-6H,1H3,(H,13,14,17). The van der Waals surface area contributed by atoms with Gasteiger partial charge in [-0.25, -0.2) is 4.98 Å². The second-order valence-corrected chi connectivity index (χ2v) is 4.71. The number of aromatic nitrogens is 1. The van der Waals surface area contributed by atoms with Crippen molar-refractivity contribution in [3.8, 4) is 0 Å². The zero-order chi connectivity index (χ0) is 14.7. The maximum atomic E-state index is 11.9. The average molecular weight is 291 g/mol. The smallest absolute Gasteiger partial charge is 0.270 e. The lowest BCUT2D eigenvalue weighted by Gasteiger charge is -2.01. The van der Waals surface area contributed by atoms with Gasteiger partial charge in [-0.15, -0.1) is 11.3 Å². The van der Waals surface area contributed by atoms with Crippen LogP contribution >= 0.6 is 11.3 Å². The quantitative estimate of drug-likeness (QED) is 0.529. The number of carbonyl (C=O) groups excluding carboxylic acids is 2. The minimum atomic E-state index is -0.575. The third-order valence-corrected chi connectivity index (χ3v) is 3.16. The summed E-state index contributed by atoms with van der Waals surface area (Å²) < 4.78 is 0. The zero-order valence-corrected chi connectivity index (χ0v) is 11.1. The van der Waals surface area contributed by atoms with E-state index in [0.717, 1.165) is 11.3 Å². The minimum absolute atomic E-state index is 0.152. The highest BCUT2D eigenvalue weighted by molar-refractivity contribution is 7.14. The molecule has 7 nitrogen and oxygen atoms in total. The van der Waals surface area contributed by atoms with E-state index < -0.39 is 10.8 Å². The number of nitro benzene ring substituents is 1. The number of rotatable bonds is 4. The number of hydrogen-bond donors (Lipinski definition) is 1. The number of nitrogens with zero attached hydrogens (tertiary/aromatic N) is 2. The molecule has 0 atom stereocenters. The summed E-state index contributed by atoms with van der Waals surface area (Å²) in [7, 11) is 0. The molecule has 0 unspecified atom stereocenters. The van der Waals surface area contributed by atoms with Crippen LogP contribution in [0.3, 0.4) is 0 Å². The predicted octanol–water partition coefficient (Wildman–Crippen LogP) is 2.51. The van der Waals surface area contributed by atoms with Crippen molar-refractivity contribution in [3.05, 3.63) is 51.0 Å². The van der Waals surface area contributed by atoms with Crippen molar-refractivity contribution < 1.29 is 14.5 Å². The number of anilines is 1. The van der Waals surface area contributed by atoms with Crippen LogP contribution in [0.5, 0.6) is 0 Å². The first-order valence-electron chi connectivity index (χ1n) is 5.49. The molecule has 1 heterocycles. The highest BCUT2D eigenvalue weighted by Gasteiger charge is 2.13. The van der Waals surface area contributed by atoms with Gasteiger partial charge >= 0.3 is 0 Å². The third-order valence-electron chi connectivity index (χ3n) is 2.40. The first-order valence-corrected chi connectivity index (χ1v) is 6.37. The third kappa shape index (κ3) is 3.04. The number of nitrogens with one attached hydrogen (secondary N) is 1. The minimum Gasteiger partial charge on any atom is -0.298 e. The maximum absolute atomic E-state index is 11.9. The van der Waals surface area contributed by atoms with E-state index in [0.29, 0.717) is 0 Å². The van der Waals surface area contributed by atoms with Gasteiger partial charge < -0.3 is 0 Å². The van der Waals surface area contributed by atoms with Crippen molar-refractivity contribution in [2.24, 2.45) is 0 Å². The largest absolute Gasteiger partial charge is 0.298 e. The van der Waals surface area contributed by atoms with Crippen molar-refractivity contribution in [1.82, 2.24) is 4.98 Å². The molecule has 2 rings (SSSR count). The van der Waals surface area contributed by atoms with Crippen LogP contribution in [0.15, 0.2) is 29.6 Å². The molecule has 0 radical (unpaired) electrons. The summed E-state index contributed by atoms with van der Waals surface area (Å²) in [4.78, 5) is 37.0. The highest BCUT2D eigenvalue weighted by Crippen LogP contribution is 2.18. The molecule has 0 fully saturated rings. The van der Waals surface area contributed by atoms with Crippen LogP contribution in [-0.4, -0.2) is 21.6 Å². The van der Waals surface area contributed by atoms with Gasteiger partial charge in [0.15, 0.2) is 10.9 Å². The number of nitro groups is 1. The molecule has 0 saturated carbocycles. The number of Topliss-reactive ketones (excluding diaryl/α,β-unsaturated/α-hetero) is 1. The van der Waals surface area contributed by atoms with E-state index in [2.05, 4.69) is 10.3 Å². The van der Waals surface area contributed by atoms with Crippen LogP contribution in [0.4, 0.5) is 10.8 Å². The number of non-ortho nitro benzene ring substituents is 1. The lowest BCUT2D eigenvalue weighted by molar-refractivity contribution is -0.384. The number of benzene rings is 1. The maximum Gasteiger partial charge on any atom is 0.270 e. The summed E-state index contributed by atoms with van der Waals surface area (Å²) in [5.41, 5.74) is 0.254. The lowest BCUT2D eigenvalue weighted by atomic mass is 10.2. The molecule has 0 aliphatic carbocycles. The molecular weight excluding hydrogens is 282 g/mol. The summed E-state index contributed by atoms with van der Waals surface area (Å²) in [5.74, 6) is -0.713. The first-order chi connectivity index (χ1) is 9.47. The Labute approximate surface area is 117 Å². The monoisotopic (exact) mass is 291 g/mol. The Morgan fingerprint density at radius 1 is 1.40 bits per heavy atom. The fourth-order valence-electron chi connectivity index (χ4n) is 1.42. The summed E-state index contributed by atoms with van der Waals surface area (Å²) in [6, 6.07) is 5.36. The fourth-order valence-corrected chi connectivity index (χ4v) is 2.17. The second-order valence-electron chi connectivity index (χ2n) is 3.86. The molecule has 1 aromatic carbocycles. The molecule has 0 saturated heterocycles. The summed E-state index contributed by atoms with van der Waals surface area (Å²) >= 11 is 1.11. The van der Waals surface area contributed by atoms with Crippen molar-refractivity contribution in [2.75, 3.05) is 5.32 Å². The van der Waals surface area contributed by atoms with Crippen LogP contribution in [0.2, 0.25) is 0 Å². The van der Waals surface area contributed by atoms with E-state index >= 15 is 0 Å². The van der Waals surface area contributed by atoms with Gasteiger partial charge in [0, 0.05) is 30.0 Å². The van der Waals surface area contributed by atoms with E-state index in [1.165, 1.54) is 36.6 Å². The van der Waals surface area contributed by atoms with Gasteiger partial charge in [0.2, 0.25) is 0 Å². The van der Waals surface area contributed by atoms with E-state index in [1.807, 2.05) is 0 Å². The van der Waals surface area contributed by atoms with E-state index in [1.54, 1.807) is 0 Å². The summed E-state index contributed by atoms with van der Waals surface area (Å²) in [6.07, 6.45) is 0. The van der Waals surface area contributed by atoms with E-state index in [9.17, 15) is 19.7 Å². The second kappa shape index (κ2) is 5.57. The Kier molecular flexibility index (Phi) is 3.85. The van der Waals surface area contributed by atoms with Crippen LogP contribution in [0.1, 0.15) is 27.8 Å². The molecule has 1 amide bonds. The Balaban J connectivity index is 2.17. The molecule has 0 aliphatic heterocycles. The van der Waals surface area contributed by atoms with Gasteiger partial charge in [0.05, 0.1) is 4.92 Å². The van der Waals surface area contributed by atoms with Gasteiger partial charge in [-0.3, -0.25) is 25.0 Å². The van der Waals surface area contributed by atoms with Gasteiger partial charge in [0.1, 0.15) is 5.69 Å². The normalized spacial score (nSPS) is 10.1. The molecule has 8 heteroatoms. The molecular formula is C12H9N3O4S. The van der Waals surface area contributed by atoms with Crippen LogP contribution in [0, 0.1) is 10.1 Å². The van der Waals surface area contributed by atoms with E-state index in [4.69, 9.17) is 0 Å². The Morgan fingerprint density at radius 3 is 2.75 bits per heavy atom. The number of hydrogen-bond acceptors (Lipinski definition) is 6. The van der Waals surface area contributed by atoms with Crippen LogP contribution < -0.4 is 5.32 Å². The molecule has 2 aromatic rings. The Hall–Kier alpha value is -2.61. The number of amides is 1. The molecule has 20 heavy (non-hydrogen) atoms. The first kappa shape index (κ1) is 13.8. The SMILES string of the molecule is CC(=O)c1csc(NC(=O)c2cccc([N+](=O)[O-])c2)n1. The molecule has 0 spiro atoms. The van der Waals surface area contributed by atoms with Crippen molar-refractivity contribution in [2.45, 2.75) is 6.92 Å². The fraction of sp³-hybridized carbons (Fsp3) is 0.0833. The molecule has 0 aliphatic rings. The number of carbonyl (C=O) groups is 2. The zero-order valence-electron chi connectivity index (χ0n) is 10.3. The number of thiazole rings is 1. The van der Waals surface area contributed by atoms with Gasteiger partial charge in [-0.05, 0) is 6.07 Å². The summed E-state index contributed by atoms with van der Waals surface area (Å²) in [5, 5.41) is 14.9. The van der Waals surface area contributed by atoms with Crippen molar-refractivity contribution in [1.29, 1.82) is 0 Å². The molecule has 1 N–H and O–H groups in total. The average Bonchev–Trinajstić information content (AvgIpc) is 2.87. The van der Waals surface area contributed by atoms with Gasteiger partial charge in [-0.1, -0.05) is 6.07 Å². The lowest BCUT2D eigenvalue weighted by Crippen LogP contribution is -2.12.